The molecule has 0 amide bonds. The Hall–Kier alpha value is 0.690. The van der Waals surface area contributed by atoms with Crippen molar-refractivity contribution in [1.82, 2.24) is 0 Å². The third-order valence-corrected chi connectivity index (χ3v) is 0.576. The molecule has 0 rings (SSSR count). The third-order valence-electron chi connectivity index (χ3n) is 0.576. The van der Waals surface area contributed by atoms with Gasteiger partial charge in [-0.1, -0.05) is 0 Å². The number of carbonyl (C=O) groups excluding carboxylic acids is 1. The van der Waals surface area contributed by atoms with Crippen molar-refractivity contribution in [2.24, 2.45) is 5.73 Å². The minimum absolute atomic E-state index is 0. The van der Waals surface area contributed by atoms with Crippen LogP contribution in [0, 0.1) is 0 Å². The van der Waals surface area contributed by atoms with Crippen LogP contribution in [0.15, 0.2) is 0 Å². The molecule has 0 aromatic rings. The summed E-state index contributed by atoms with van der Waals surface area (Å²) in [5, 5.41) is 0. The van der Waals surface area contributed by atoms with Crippen molar-refractivity contribution in [2.75, 3.05) is 13.7 Å². The van der Waals surface area contributed by atoms with E-state index < -0.39 is 0 Å². The van der Waals surface area contributed by atoms with Gasteiger partial charge in [0.1, 0.15) is 0 Å². The van der Waals surface area contributed by atoms with E-state index in [1.807, 2.05) is 0 Å². The van der Waals surface area contributed by atoms with Crippen LogP contribution < -0.4 is 5.73 Å². The van der Waals surface area contributed by atoms with Gasteiger partial charge in [0.25, 0.3) is 0 Å². The Morgan fingerprint density at radius 1 is 1.75 bits per heavy atom. The number of methoxy groups -OCH3 is 1. The van der Waals surface area contributed by atoms with Crippen LogP contribution in [-0.2, 0) is 9.53 Å². The summed E-state index contributed by atoms with van der Waals surface area (Å²) >= 11 is 0. The van der Waals surface area contributed by atoms with Crippen molar-refractivity contribution in [3.63, 3.8) is 0 Å². The van der Waals surface area contributed by atoms with Crippen LogP contribution in [0.2, 0.25) is 0 Å². The quantitative estimate of drug-likeness (QED) is 0.384. The van der Waals surface area contributed by atoms with Gasteiger partial charge < -0.3 is 10.5 Å². The van der Waals surface area contributed by atoms with Crippen molar-refractivity contribution in [3.8, 4) is 0 Å². The van der Waals surface area contributed by atoms with Gasteiger partial charge in [-0.25, -0.2) is 0 Å². The monoisotopic (exact) mass is 145 g/mol. The minimum atomic E-state index is -0.248. The number of hydrogen-bond acceptors (Lipinski definition) is 3. The van der Waals surface area contributed by atoms with Gasteiger partial charge in [-0.2, -0.15) is 0 Å². The van der Waals surface area contributed by atoms with Crippen molar-refractivity contribution < 1.29 is 9.53 Å². The molecule has 0 aliphatic carbocycles. The second kappa shape index (κ2) is 7.69. The van der Waals surface area contributed by atoms with Crippen LogP contribution in [-0.4, -0.2) is 57.4 Å². The summed E-state index contributed by atoms with van der Waals surface area (Å²) in [5.41, 5.74) is 5.00. The third kappa shape index (κ3) is 6.69. The fourth-order valence-electron chi connectivity index (χ4n) is 0.220. The summed E-state index contributed by atoms with van der Waals surface area (Å²) in [4.78, 5) is 10.1. The van der Waals surface area contributed by atoms with Crippen LogP contribution in [0.25, 0.3) is 0 Å². The second-order valence-corrected chi connectivity index (χ2v) is 1.11. The summed E-state index contributed by atoms with van der Waals surface area (Å²) in [5.74, 6) is -0.248. The summed E-state index contributed by atoms with van der Waals surface area (Å²) in [7, 11) is 1.35. The standard InChI is InChI=1S/C4H9NO2.Ca.2H/c1-7-4(6)2-3-5;;;/h2-3,5H2,1H3;;;. The average molecular weight is 145 g/mol. The molecule has 0 unspecified atom stereocenters. The molecule has 2 N–H and O–H groups in total. The molecule has 0 saturated carbocycles. The SMILES string of the molecule is COC(=O)CCN.[CaH2]. The summed E-state index contributed by atoms with van der Waals surface area (Å²) < 4.78 is 4.27. The summed E-state index contributed by atoms with van der Waals surface area (Å²) in [6.45, 7) is 0.368. The predicted octanol–water partition coefficient (Wildman–Crippen LogP) is -1.41. The summed E-state index contributed by atoms with van der Waals surface area (Å²) in [6, 6.07) is 0. The maximum atomic E-state index is 10.1. The number of nitrogens with two attached hydrogens (primary N) is 1. The molecule has 0 atom stereocenters. The Morgan fingerprint density at radius 3 is 2.38 bits per heavy atom. The molecule has 0 aromatic heterocycles. The topological polar surface area (TPSA) is 52.3 Å². The molecular weight excluding hydrogens is 134 g/mol. The second-order valence-electron chi connectivity index (χ2n) is 1.11. The molecule has 0 radical (unpaired) electrons. The van der Waals surface area contributed by atoms with E-state index in [1.165, 1.54) is 7.11 Å². The zero-order valence-corrected chi connectivity index (χ0v) is 4.31. The van der Waals surface area contributed by atoms with E-state index in [4.69, 9.17) is 5.73 Å². The zero-order valence-electron chi connectivity index (χ0n) is 4.31. The van der Waals surface area contributed by atoms with E-state index in [9.17, 15) is 4.79 Å². The first-order valence-electron chi connectivity index (χ1n) is 2.08. The predicted molar refractivity (Wildman–Crippen MR) is 34.2 cm³/mol. The Labute approximate surface area is 78.6 Å². The van der Waals surface area contributed by atoms with Crippen molar-refractivity contribution in [3.05, 3.63) is 0 Å². The van der Waals surface area contributed by atoms with Crippen LogP contribution in [0.4, 0.5) is 0 Å². The number of carbonyl (C=O) groups is 1. The van der Waals surface area contributed by atoms with Crippen molar-refractivity contribution in [2.45, 2.75) is 6.42 Å². The fourth-order valence-corrected chi connectivity index (χ4v) is 0.220. The van der Waals surface area contributed by atoms with Crippen LogP contribution >= 0.6 is 0 Å². The molecule has 8 heavy (non-hydrogen) atoms. The molecule has 0 bridgehead atoms. The molecule has 0 aliphatic rings. The maximum absolute atomic E-state index is 10.1. The zero-order chi connectivity index (χ0) is 5.70. The number of esters is 1. The van der Waals surface area contributed by atoms with E-state index >= 15 is 0 Å². The number of hydrogen-bond donors (Lipinski definition) is 1. The van der Waals surface area contributed by atoms with Gasteiger partial charge in [-0.05, 0) is 0 Å². The van der Waals surface area contributed by atoms with Crippen molar-refractivity contribution in [1.29, 1.82) is 0 Å². The normalized spacial score (nSPS) is 7.25. The van der Waals surface area contributed by atoms with Crippen LogP contribution in [0.1, 0.15) is 6.42 Å². The van der Waals surface area contributed by atoms with Gasteiger partial charge in [-0.3, -0.25) is 4.79 Å². The van der Waals surface area contributed by atoms with Crippen LogP contribution in [0.3, 0.4) is 0 Å². The van der Waals surface area contributed by atoms with Gasteiger partial charge in [-0.15, -0.1) is 0 Å². The van der Waals surface area contributed by atoms with E-state index in [-0.39, 0.29) is 43.7 Å². The van der Waals surface area contributed by atoms with Crippen LogP contribution in [0.5, 0.6) is 0 Å². The molecular formula is C4H11CaNO2. The van der Waals surface area contributed by atoms with E-state index in [2.05, 4.69) is 4.74 Å². The molecule has 0 saturated heterocycles. The van der Waals surface area contributed by atoms with E-state index in [1.54, 1.807) is 0 Å². The van der Waals surface area contributed by atoms with Gasteiger partial charge in [0.2, 0.25) is 0 Å². The van der Waals surface area contributed by atoms with E-state index in [0.29, 0.717) is 13.0 Å². The summed E-state index contributed by atoms with van der Waals surface area (Å²) in [6.07, 6.45) is 0.316. The molecule has 0 aromatic carbocycles. The number of ether oxygens (including phenoxy) is 1. The number of rotatable bonds is 2. The Morgan fingerprint density at radius 2 is 2.25 bits per heavy atom. The molecule has 0 aliphatic heterocycles. The van der Waals surface area contributed by atoms with Gasteiger partial charge in [0, 0.05) is 6.54 Å². The van der Waals surface area contributed by atoms with Crippen molar-refractivity contribution >= 4 is 43.7 Å². The first kappa shape index (κ1) is 11.5. The molecule has 0 fully saturated rings. The molecule has 4 heteroatoms. The fraction of sp³-hybridized carbons (Fsp3) is 0.750. The van der Waals surface area contributed by atoms with Gasteiger partial charge >= 0.3 is 43.7 Å². The van der Waals surface area contributed by atoms with Gasteiger partial charge in [0.15, 0.2) is 0 Å². The Balaban J connectivity index is 0. The first-order valence-corrected chi connectivity index (χ1v) is 2.08. The van der Waals surface area contributed by atoms with Gasteiger partial charge in [0.05, 0.1) is 13.5 Å². The first-order chi connectivity index (χ1) is 3.31. The Kier molecular flexibility index (Phi) is 11.0. The Bertz CT molecular complexity index is 67.1. The van der Waals surface area contributed by atoms with E-state index in [0.717, 1.165) is 0 Å². The molecule has 0 spiro atoms. The molecule has 3 nitrogen and oxygen atoms in total. The average Bonchev–Trinajstić information content (AvgIpc) is 1.68. The molecule has 46 valence electrons. The molecule has 0 heterocycles.